The van der Waals surface area contributed by atoms with Crippen molar-refractivity contribution in [3.8, 4) is 11.1 Å². The van der Waals surface area contributed by atoms with Gasteiger partial charge in [0.15, 0.2) is 0 Å². The molecular formula is C27H30N2O5S. The molecular weight excluding hydrogens is 464 g/mol. The summed E-state index contributed by atoms with van der Waals surface area (Å²) in [4.78, 5) is 39.9. The van der Waals surface area contributed by atoms with Crippen molar-refractivity contribution < 1.29 is 24.2 Å². The van der Waals surface area contributed by atoms with Gasteiger partial charge in [0.1, 0.15) is 18.2 Å². The number of thioether (sulfide) groups is 1. The summed E-state index contributed by atoms with van der Waals surface area (Å²) in [5, 5.41) is 12.6. The molecule has 184 valence electrons. The Balaban J connectivity index is 1.28. The van der Waals surface area contributed by atoms with Crippen molar-refractivity contribution in [1.29, 1.82) is 0 Å². The molecule has 2 aromatic rings. The van der Waals surface area contributed by atoms with Gasteiger partial charge in [-0.15, -0.1) is 0 Å². The molecule has 0 spiro atoms. The Bertz CT molecular complexity index is 1110. The second-order valence-corrected chi connectivity index (χ2v) is 10.6. The first kappa shape index (κ1) is 23.7. The van der Waals surface area contributed by atoms with Gasteiger partial charge in [-0.25, -0.2) is 9.59 Å². The van der Waals surface area contributed by atoms with Crippen molar-refractivity contribution in [2.75, 3.05) is 25.2 Å². The third-order valence-electron chi connectivity index (χ3n) is 7.67. The molecule has 2 fully saturated rings. The number of carbonyl (C=O) groups is 3. The Labute approximate surface area is 209 Å². The van der Waals surface area contributed by atoms with Gasteiger partial charge in [0.25, 0.3) is 0 Å². The summed E-state index contributed by atoms with van der Waals surface area (Å²) in [5.41, 5.74) is 3.43. The molecule has 3 unspecified atom stereocenters. The molecule has 1 heterocycles. The quantitative estimate of drug-likeness (QED) is 0.573. The largest absolute Gasteiger partial charge is 0.479 e. The van der Waals surface area contributed by atoms with E-state index in [9.17, 15) is 19.5 Å². The highest BCUT2D eigenvalue weighted by Crippen LogP contribution is 2.54. The van der Waals surface area contributed by atoms with E-state index in [-0.39, 0.29) is 24.3 Å². The van der Waals surface area contributed by atoms with Crippen molar-refractivity contribution in [3.05, 3.63) is 59.7 Å². The number of fused-ring (bicyclic) bond motifs is 4. The van der Waals surface area contributed by atoms with Crippen LogP contribution < -0.4 is 5.32 Å². The molecule has 1 saturated heterocycles. The molecule has 7 nitrogen and oxygen atoms in total. The summed E-state index contributed by atoms with van der Waals surface area (Å²) in [7, 11) is 0. The molecule has 8 heteroatoms. The Morgan fingerprint density at radius 1 is 1.14 bits per heavy atom. The zero-order valence-electron chi connectivity index (χ0n) is 19.7. The maximum atomic E-state index is 13.5. The fraction of sp³-hybridized carbons (Fsp3) is 0.444. The summed E-state index contributed by atoms with van der Waals surface area (Å²) in [6.45, 7) is 0.567. The monoisotopic (exact) mass is 494 g/mol. The summed E-state index contributed by atoms with van der Waals surface area (Å²) in [5.74, 6) is -0.666. The van der Waals surface area contributed by atoms with Crippen molar-refractivity contribution in [2.45, 2.75) is 43.2 Å². The number of hydrogen-bond acceptors (Lipinski definition) is 5. The number of hydrogen-bond donors (Lipinski definition) is 2. The van der Waals surface area contributed by atoms with Gasteiger partial charge in [-0.2, -0.15) is 11.8 Å². The lowest BCUT2D eigenvalue weighted by Gasteiger charge is -2.36. The summed E-state index contributed by atoms with van der Waals surface area (Å²) >= 11 is 1.58. The van der Waals surface area contributed by atoms with E-state index in [1.807, 2.05) is 30.5 Å². The minimum absolute atomic E-state index is 0.00774. The zero-order valence-corrected chi connectivity index (χ0v) is 20.6. The number of benzene rings is 2. The Morgan fingerprint density at radius 3 is 2.43 bits per heavy atom. The highest BCUT2D eigenvalue weighted by molar-refractivity contribution is 7.98. The van der Waals surface area contributed by atoms with Crippen molar-refractivity contribution in [1.82, 2.24) is 10.2 Å². The van der Waals surface area contributed by atoms with Crippen LogP contribution in [0, 0.1) is 5.92 Å². The molecule has 5 rings (SSSR count). The number of nitrogens with one attached hydrogen (secondary N) is 1. The standard InChI is InChI=1S/C27H30N2O5S/c1-35-14-12-23(24(30)29-13-6-7-17-15-27(17,29)25(31)32)28-26(33)34-16-22-20-10-4-2-8-18(20)19-9-3-5-11-21(19)22/h2-5,8-11,17,22-23H,6-7,12-16H2,1H3,(H,28,33)(H,31,32). The van der Waals surface area contributed by atoms with Crippen LogP contribution in [0.4, 0.5) is 4.79 Å². The number of rotatable bonds is 8. The van der Waals surface area contributed by atoms with E-state index in [1.54, 1.807) is 11.8 Å². The first-order chi connectivity index (χ1) is 17.0. The van der Waals surface area contributed by atoms with E-state index in [4.69, 9.17) is 4.74 Å². The zero-order chi connectivity index (χ0) is 24.6. The van der Waals surface area contributed by atoms with Gasteiger partial charge in [0.2, 0.25) is 5.91 Å². The second-order valence-electron chi connectivity index (χ2n) is 9.57. The number of carboxylic acid groups (broad SMARTS) is 1. The van der Waals surface area contributed by atoms with E-state index in [0.717, 1.165) is 35.1 Å². The van der Waals surface area contributed by atoms with Crippen LogP contribution in [0.25, 0.3) is 11.1 Å². The third-order valence-corrected chi connectivity index (χ3v) is 8.31. The lowest BCUT2D eigenvalue weighted by molar-refractivity contribution is -0.155. The van der Waals surface area contributed by atoms with Gasteiger partial charge in [0, 0.05) is 12.5 Å². The van der Waals surface area contributed by atoms with Crippen molar-refractivity contribution >= 4 is 29.7 Å². The average Bonchev–Trinajstić information content (AvgIpc) is 3.56. The summed E-state index contributed by atoms with van der Waals surface area (Å²) < 4.78 is 5.65. The van der Waals surface area contributed by atoms with Gasteiger partial charge >= 0.3 is 12.1 Å². The molecule has 3 atom stereocenters. The van der Waals surface area contributed by atoms with Crippen molar-refractivity contribution in [3.63, 3.8) is 0 Å². The van der Waals surface area contributed by atoms with Gasteiger partial charge < -0.3 is 20.1 Å². The molecule has 2 amide bonds. The number of alkyl carbamates (subject to hydrolysis) is 1. The lowest BCUT2D eigenvalue weighted by atomic mass is 9.98. The molecule has 1 saturated carbocycles. The highest BCUT2D eigenvalue weighted by atomic mass is 32.2. The predicted molar refractivity (Wildman–Crippen MR) is 134 cm³/mol. The molecule has 0 bridgehead atoms. The molecule has 3 aliphatic rings. The van der Waals surface area contributed by atoms with E-state index >= 15 is 0 Å². The fourth-order valence-corrected chi connectivity index (χ4v) is 6.30. The smallest absolute Gasteiger partial charge is 0.407 e. The third kappa shape index (κ3) is 4.18. The number of carboxylic acids is 1. The second kappa shape index (κ2) is 9.57. The maximum absolute atomic E-state index is 13.5. The predicted octanol–water partition coefficient (Wildman–Crippen LogP) is 4.11. The summed E-state index contributed by atoms with van der Waals surface area (Å²) in [6, 6.07) is 15.4. The van der Waals surface area contributed by atoms with Gasteiger partial charge in [-0.3, -0.25) is 4.79 Å². The summed E-state index contributed by atoms with van der Waals surface area (Å²) in [6.07, 6.45) is 3.80. The minimum atomic E-state index is -1.10. The Kier molecular flexibility index (Phi) is 6.49. The van der Waals surface area contributed by atoms with Gasteiger partial charge in [-0.1, -0.05) is 48.5 Å². The topological polar surface area (TPSA) is 95.9 Å². The Hall–Kier alpha value is -3.00. The van der Waals surface area contributed by atoms with E-state index < -0.39 is 23.6 Å². The minimum Gasteiger partial charge on any atom is -0.479 e. The molecule has 35 heavy (non-hydrogen) atoms. The van der Waals surface area contributed by atoms with Crippen LogP contribution in [0.15, 0.2) is 48.5 Å². The lowest BCUT2D eigenvalue weighted by Crippen LogP contribution is -2.57. The number of carbonyl (C=O) groups excluding carboxylic acids is 2. The number of aliphatic carboxylic acids is 1. The first-order valence-electron chi connectivity index (χ1n) is 12.1. The maximum Gasteiger partial charge on any atom is 0.407 e. The Morgan fingerprint density at radius 2 is 1.80 bits per heavy atom. The number of amides is 2. The molecule has 2 N–H and O–H groups in total. The van der Waals surface area contributed by atoms with Crippen LogP contribution in [0.3, 0.4) is 0 Å². The highest BCUT2D eigenvalue weighted by Gasteiger charge is 2.67. The molecule has 0 radical (unpaired) electrons. The average molecular weight is 495 g/mol. The number of likely N-dealkylation sites (tertiary alicyclic amines) is 1. The van der Waals surface area contributed by atoms with E-state index in [0.29, 0.717) is 25.1 Å². The number of piperidine rings is 1. The van der Waals surface area contributed by atoms with Crippen molar-refractivity contribution in [2.24, 2.45) is 5.92 Å². The number of nitrogens with zero attached hydrogens (tertiary/aromatic N) is 1. The van der Waals surface area contributed by atoms with Crippen LogP contribution in [-0.2, 0) is 14.3 Å². The first-order valence-corrected chi connectivity index (χ1v) is 13.5. The molecule has 1 aliphatic heterocycles. The number of ether oxygens (including phenoxy) is 1. The van der Waals surface area contributed by atoms with Gasteiger partial charge in [0.05, 0.1) is 0 Å². The molecule has 2 aromatic carbocycles. The van der Waals surface area contributed by atoms with E-state index in [1.165, 1.54) is 4.90 Å². The van der Waals surface area contributed by atoms with Crippen LogP contribution in [-0.4, -0.2) is 64.7 Å². The van der Waals surface area contributed by atoms with E-state index in [2.05, 4.69) is 29.6 Å². The van der Waals surface area contributed by atoms with Crippen LogP contribution in [0.1, 0.15) is 42.7 Å². The van der Waals surface area contributed by atoms with Gasteiger partial charge in [-0.05, 0) is 65.9 Å². The SMILES string of the molecule is CSCCC(NC(=O)OCC1c2ccccc2-c2ccccc21)C(=O)N1CCCC2CC21C(=O)O. The van der Waals surface area contributed by atoms with Crippen LogP contribution in [0.2, 0.25) is 0 Å². The van der Waals surface area contributed by atoms with Crippen LogP contribution in [0.5, 0.6) is 0 Å². The molecule has 0 aromatic heterocycles. The van der Waals surface area contributed by atoms with Crippen LogP contribution >= 0.6 is 11.8 Å². The normalized spacial score (nSPS) is 23.0. The molecule has 2 aliphatic carbocycles. The fourth-order valence-electron chi connectivity index (χ4n) is 5.83.